The summed E-state index contributed by atoms with van der Waals surface area (Å²) in [5.41, 5.74) is 1.30. The highest BCUT2D eigenvalue weighted by atomic mass is 28.3. The number of ether oxygens (including phenoxy) is 2. The lowest BCUT2D eigenvalue weighted by Gasteiger charge is -2.22. The SMILES string of the molecule is C[Si](C)(C)CCOCn1c(C2CCOCC2)nc2cc(F)cnc21. The van der Waals surface area contributed by atoms with Crippen LogP contribution in [0.25, 0.3) is 11.2 Å². The van der Waals surface area contributed by atoms with Gasteiger partial charge in [0.2, 0.25) is 0 Å². The maximum atomic E-state index is 13.5. The van der Waals surface area contributed by atoms with E-state index in [2.05, 4.69) is 29.6 Å². The van der Waals surface area contributed by atoms with Gasteiger partial charge in [-0.05, 0) is 18.9 Å². The summed E-state index contributed by atoms with van der Waals surface area (Å²) in [5, 5.41) is 0. The molecule has 1 fully saturated rings. The summed E-state index contributed by atoms with van der Waals surface area (Å²) < 4.78 is 26.9. The van der Waals surface area contributed by atoms with Gasteiger partial charge in [0.1, 0.15) is 23.9 Å². The average Bonchev–Trinajstić information content (AvgIpc) is 2.89. The molecule has 7 heteroatoms. The van der Waals surface area contributed by atoms with Crippen LogP contribution in [-0.4, -0.2) is 42.4 Å². The molecule has 3 rings (SSSR count). The van der Waals surface area contributed by atoms with Gasteiger partial charge in [-0.25, -0.2) is 14.4 Å². The van der Waals surface area contributed by atoms with Gasteiger partial charge >= 0.3 is 0 Å². The fourth-order valence-corrected chi connectivity index (χ4v) is 3.69. The Morgan fingerprint density at radius 3 is 2.79 bits per heavy atom. The van der Waals surface area contributed by atoms with Gasteiger partial charge in [0.05, 0.1) is 6.20 Å². The van der Waals surface area contributed by atoms with E-state index in [1.165, 1.54) is 12.3 Å². The summed E-state index contributed by atoms with van der Waals surface area (Å²) >= 11 is 0. The normalized spacial score (nSPS) is 16.8. The van der Waals surface area contributed by atoms with Gasteiger partial charge < -0.3 is 9.47 Å². The number of nitrogens with zero attached hydrogens (tertiary/aromatic N) is 3. The lowest BCUT2D eigenvalue weighted by atomic mass is 9.99. The van der Waals surface area contributed by atoms with Crippen molar-refractivity contribution in [2.75, 3.05) is 19.8 Å². The molecule has 3 heterocycles. The predicted molar refractivity (Wildman–Crippen MR) is 94.4 cm³/mol. The second-order valence-electron chi connectivity index (χ2n) is 7.63. The van der Waals surface area contributed by atoms with Gasteiger partial charge in [0.15, 0.2) is 5.65 Å². The van der Waals surface area contributed by atoms with E-state index < -0.39 is 8.07 Å². The molecule has 0 bridgehead atoms. The molecule has 0 aliphatic carbocycles. The highest BCUT2D eigenvalue weighted by Crippen LogP contribution is 2.29. The van der Waals surface area contributed by atoms with Crippen LogP contribution in [0.1, 0.15) is 24.6 Å². The quantitative estimate of drug-likeness (QED) is 0.587. The van der Waals surface area contributed by atoms with Crippen molar-refractivity contribution in [3.05, 3.63) is 23.9 Å². The molecule has 1 aliphatic rings. The Kier molecular flexibility index (Phi) is 5.32. The number of halogens is 1. The summed E-state index contributed by atoms with van der Waals surface area (Å²) in [7, 11) is -1.12. The van der Waals surface area contributed by atoms with Crippen molar-refractivity contribution in [2.45, 2.75) is 51.2 Å². The topological polar surface area (TPSA) is 49.2 Å². The molecule has 2 aromatic heterocycles. The van der Waals surface area contributed by atoms with Gasteiger partial charge in [-0.15, -0.1) is 0 Å². The fraction of sp³-hybridized carbons (Fsp3) is 0.647. The molecule has 1 saturated heterocycles. The van der Waals surface area contributed by atoms with E-state index in [1.54, 1.807) is 0 Å². The van der Waals surface area contributed by atoms with Crippen LogP contribution in [0.15, 0.2) is 12.3 Å². The van der Waals surface area contributed by atoms with Crippen LogP contribution in [0.2, 0.25) is 25.7 Å². The van der Waals surface area contributed by atoms with Gasteiger partial charge in [-0.1, -0.05) is 19.6 Å². The molecule has 0 amide bonds. The first kappa shape index (κ1) is 17.5. The third kappa shape index (κ3) is 4.20. The largest absolute Gasteiger partial charge is 0.381 e. The summed E-state index contributed by atoms with van der Waals surface area (Å²) in [5.74, 6) is 0.904. The first-order valence-corrected chi connectivity index (χ1v) is 12.3. The van der Waals surface area contributed by atoms with Crippen molar-refractivity contribution in [1.82, 2.24) is 14.5 Å². The molecule has 0 unspecified atom stereocenters. The molecule has 0 saturated carbocycles. The van der Waals surface area contributed by atoms with E-state index in [0.29, 0.717) is 23.8 Å². The summed E-state index contributed by atoms with van der Waals surface area (Å²) in [6.07, 6.45) is 3.11. The molecule has 2 aromatic rings. The number of pyridine rings is 1. The molecule has 1 aliphatic heterocycles. The van der Waals surface area contributed by atoms with Crippen LogP contribution in [0.5, 0.6) is 0 Å². The minimum atomic E-state index is -1.12. The number of fused-ring (bicyclic) bond motifs is 1. The monoisotopic (exact) mass is 351 g/mol. The second kappa shape index (κ2) is 7.29. The first-order valence-electron chi connectivity index (χ1n) is 8.61. The maximum absolute atomic E-state index is 13.5. The number of imidazole rings is 1. The van der Waals surface area contributed by atoms with Crippen molar-refractivity contribution < 1.29 is 13.9 Å². The van der Waals surface area contributed by atoms with Crippen LogP contribution < -0.4 is 0 Å². The lowest BCUT2D eigenvalue weighted by molar-refractivity contribution is 0.0706. The van der Waals surface area contributed by atoms with Crippen molar-refractivity contribution >= 4 is 19.2 Å². The first-order chi connectivity index (χ1) is 11.4. The van der Waals surface area contributed by atoms with E-state index in [1.807, 2.05) is 4.57 Å². The van der Waals surface area contributed by atoms with Crippen molar-refractivity contribution in [3.8, 4) is 0 Å². The molecule has 0 aromatic carbocycles. The van der Waals surface area contributed by atoms with Crippen molar-refractivity contribution in [1.29, 1.82) is 0 Å². The summed E-state index contributed by atoms with van der Waals surface area (Å²) in [6.45, 7) is 9.65. The maximum Gasteiger partial charge on any atom is 0.162 e. The molecule has 132 valence electrons. The van der Waals surface area contributed by atoms with Crippen LogP contribution in [-0.2, 0) is 16.2 Å². The molecule has 24 heavy (non-hydrogen) atoms. The number of aromatic nitrogens is 3. The molecular weight excluding hydrogens is 325 g/mol. The van der Waals surface area contributed by atoms with Crippen molar-refractivity contribution in [3.63, 3.8) is 0 Å². The lowest BCUT2D eigenvalue weighted by Crippen LogP contribution is -2.23. The van der Waals surface area contributed by atoms with E-state index in [9.17, 15) is 4.39 Å². The van der Waals surface area contributed by atoms with Crippen LogP contribution in [0.4, 0.5) is 4.39 Å². The Bertz CT molecular complexity index is 693. The summed E-state index contributed by atoms with van der Waals surface area (Å²) in [4.78, 5) is 8.90. The van der Waals surface area contributed by atoms with Gasteiger partial charge in [0.25, 0.3) is 0 Å². The number of hydrogen-bond donors (Lipinski definition) is 0. The molecular formula is C17H26FN3O2Si. The third-order valence-electron chi connectivity index (χ3n) is 4.38. The Balaban J connectivity index is 1.82. The average molecular weight is 351 g/mol. The highest BCUT2D eigenvalue weighted by molar-refractivity contribution is 6.76. The van der Waals surface area contributed by atoms with E-state index >= 15 is 0 Å². The molecule has 0 N–H and O–H groups in total. The third-order valence-corrected chi connectivity index (χ3v) is 6.09. The van der Waals surface area contributed by atoms with Gasteiger partial charge in [0, 0.05) is 39.9 Å². The van der Waals surface area contributed by atoms with E-state index in [-0.39, 0.29) is 5.82 Å². The van der Waals surface area contributed by atoms with Crippen LogP contribution in [0, 0.1) is 5.82 Å². The van der Waals surface area contributed by atoms with Crippen LogP contribution >= 0.6 is 0 Å². The minimum absolute atomic E-state index is 0.316. The Hall–Kier alpha value is -1.31. The van der Waals surface area contributed by atoms with Gasteiger partial charge in [-0.3, -0.25) is 4.57 Å². The zero-order valence-electron chi connectivity index (χ0n) is 14.7. The zero-order chi connectivity index (χ0) is 17.2. The van der Waals surface area contributed by atoms with E-state index in [0.717, 1.165) is 44.5 Å². The molecule has 5 nitrogen and oxygen atoms in total. The zero-order valence-corrected chi connectivity index (χ0v) is 15.7. The predicted octanol–water partition coefficient (Wildman–Crippen LogP) is 3.78. The Morgan fingerprint density at radius 2 is 2.08 bits per heavy atom. The fourth-order valence-electron chi connectivity index (χ4n) is 2.93. The number of rotatable bonds is 6. The Morgan fingerprint density at radius 1 is 1.33 bits per heavy atom. The van der Waals surface area contributed by atoms with E-state index in [4.69, 9.17) is 9.47 Å². The minimum Gasteiger partial charge on any atom is -0.381 e. The number of hydrogen-bond acceptors (Lipinski definition) is 4. The van der Waals surface area contributed by atoms with Crippen molar-refractivity contribution in [2.24, 2.45) is 0 Å². The standard InChI is InChI=1S/C17H26FN3O2Si/c1-24(2,3)9-8-23-12-21-16(13-4-6-22-7-5-13)20-15-10-14(18)11-19-17(15)21/h10-11,13H,4-9,12H2,1-3H3. The van der Waals surface area contributed by atoms with Crippen LogP contribution in [0.3, 0.4) is 0 Å². The molecule has 0 spiro atoms. The Labute approximate surface area is 143 Å². The second-order valence-corrected chi connectivity index (χ2v) is 13.3. The molecule has 0 radical (unpaired) electrons. The molecule has 0 atom stereocenters. The summed E-state index contributed by atoms with van der Waals surface area (Å²) in [6, 6.07) is 2.57. The highest BCUT2D eigenvalue weighted by Gasteiger charge is 2.24. The smallest absolute Gasteiger partial charge is 0.162 e. The van der Waals surface area contributed by atoms with Gasteiger partial charge in [-0.2, -0.15) is 0 Å².